The van der Waals surface area contributed by atoms with Gasteiger partial charge in [-0.2, -0.15) is 0 Å². The number of hydrogen-bond acceptors (Lipinski definition) is 6. The third-order valence-corrected chi connectivity index (χ3v) is 6.62. The lowest BCUT2D eigenvalue weighted by atomic mass is 9.93. The van der Waals surface area contributed by atoms with Crippen molar-refractivity contribution in [3.8, 4) is 0 Å². The predicted molar refractivity (Wildman–Crippen MR) is 113 cm³/mol. The molecule has 4 atom stereocenters. The number of amides is 2. The fraction of sp³-hybridized carbons (Fsp3) is 0.696. The van der Waals surface area contributed by atoms with Crippen molar-refractivity contribution >= 4 is 11.8 Å². The van der Waals surface area contributed by atoms with Crippen LogP contribution >= 0.6 is 0 Å². The van der Waals surface area contributed by atoms with Gasteiger partial charge >= 0.3 is 0 Å². The van der Waals surface area contributed by atoms with E-state index in [1.54, 1.807) is 12.4 Å². The topological polar surface area (TPSA) is 101 Å². The highest BCUT2D eigenvalue weighted by Gasteiger charge is 2.41. The van der Waals surface area contributed by atoms with Crippen LogP contribution in [0.4, 0.5) is 0 Å². The Balaban J connectivity index is 1.34. The number of carbonyl (C=O) groups excluding carboxylic acids is 2. The first-order valence-electron chi connectivity index (χ1n) is 11.5. The van der Waals surface area contributed by atoms with Crippen LogP contribution in [0.15, 0.2) is 24.5 Å². The van der Waals surface area contributed by atoms with Crippen molar-refractivity contribution in [2.24, 2.45) is 5.92 Å². The molecule has 0 radical (unpaired) electrons. The van der Waals surface area contributed by atoms with E-state index < -0.39 is 6.10 Å². The number of ether oxygens (including phenoxy) is 2. The van der Waals surface area contributed by atoms with E-state index in [9.17, 15) is 14.7 Å². The number of nitrogens with one attached hydrogen (secondary N) is 1. The Morgan fingerprint density at radius 2 is 1.90 bits per heavy atom. The first-order valence-corrected chi connectivity index (χ1v) is 11.5. The summed E-state index contributed by atoms with van der Waals surface area (Å²) < 4.78 is 11.9. The van der Waals surface area contributed by atoms with Gasteiger partial charge in [0.15, 0.2) is 0 Å². The lowest BCUT2D eigenvalue weighted by Gasteiger charge is -2.45. The summed E-state index contributed by atoms with van der Waals surface area (Å²) in [5.41, 5.74) is 1.00. The summed E-state index contributed by atoms with van der Waals surface area (Å²) in [6.45, 7) is 1.27. The van der Waals surface area contributed by atoms with Crippen LogP contribution < -0.4 is 5.32 Å². The quantitative estimate of drug-likeness (QED) is 0.731. The van der Waals surface area contributed by atoms with Crippen LogP contribution in [-0.4, -0.2) is 70.9 Å². The molecular formula is C23H33N3O5. The number of carbonyl (C=O) groups is 2. The molecule has 1 aromatic heterocycles. The van der Waals surface area contributed by atoms with Gasteiger partial charge in [0.1, 0.15) is 6.10 Å². The van der Waals surface area contributed by atoms with E-state index in [1.807, 2.05) is 17.0 Å². The van der Waals surface area contributed by atoms with Crippen LogP contribution in [0.25, 0.3) is 0 Å². The van der Waals surface area contributed by atoms with Gasteiger partial charge in [0.25, 0.3) is 0 Å². The van der Waals surface area contributed by atoms with Crippen LogP contribution in [0.5, 0.6) is 0 Å². The maximum absolute atomic E-state index is 13.2. The number of β-amino-alcohol motifs (C(OH)–C–C–N with tert-alkyl or cyclic N) is 1. The minimum absolute atomic E-state index is 0.0543. The average molecular weight is 432 g/mol. The van der Waals surface area contributed by atoms with Crippen molar-refractivity contribution < 1.29 is 24.2 Å². The van der Waals surface area contributed by atoms with Gasteiger partial charge in [0, 0.05) is 31.4 Å². The summed E-state index contributed by atoms with van der Waals surface area (Å²) in [5, 5.41) is 13.2. The molecule has 2 N–H and O–H groups in total. The molecule has 2 aliphatic heterocycles. The number of rotatable bonds is 5. The maximum Gasteiger partial charge on any atom is 0.226 e. The van der Waals surface area contributed by atoms with Crippen LogP contribution in [0.1, 0.15) is 50.5 Å². The molecule has 1 aromatic rings. The zero-order chi connectivity index (χ0) is 21.6. The molecule has 31 heavy (non-hydrogen) atoms. The van der Waals surface area contributed by atoms with Crippen molar-refractivity contribution in [3.05, 3.63) is 30.1 Å². The molecular weight excluding hydrogens is 398 g/mol. The lowest BCUT2D eigenvalue weighted by molar-refractivity contribution is -0.171. The van der Waals surface area contributed by atoms with E-state index in [4.69, 9.17) is 9.47 Å². The van der Waals surface area contributed by atoms with Gasteiger partial charge < -0.3 is 24.8 Å². The maximum atomic E-state index is 13.2. The predicted octanol–water partition coefficient (Wildman–Crippen LogP) is 1.41. The number of fused-ring (bicyclic) bond motifs is 1. The number of aliphatic hydroxyl groups is 1. The summed E-state index contributed by atoms with van der Waals surface area (Å²) in [6, 6.07) is 3.63. The summed E-state index contributed by atoms with van der Waals surface area (Å²) in [6.07, 6.45) is 8.05. The van der Waals surface area contributed by atoms with E-state index >= 15 is 0 Å². The highest BCUT2D eigenvalue weighted by molar-refractivity contribution is 5.79. The Hall–Kier alpha value is -2.03. The summed E-state index contributed by atoms with van der Waals surface area (Å²) in [4.78, 5) is 31.4. The molecule has 0 unspecified atom stereocenters. The van der Waals surface area contributed by atoms with Gasteiger partial charge in [-0.15, -0.1) is 0 Å². The average Bonchev–Trinajstić information content (AvgIpc) is 3.31. The molecule has 1 aliphatic carbocycles. The summed E-state index contributed by atoms with van der Waals surface area (Å²) in [5.74, 6) is 0.150. The number of aliphatic hydroxyl groups excluding tert-OH is 1. The molecule has 1 saturated carbocycles. The fourth-order valence-corrected chi connectivity index (χ4v) is 4.98. The zero-order valence-corrected chi connectivity index (χ0v) is 17.9. The Bertz CT molecular complexity index is 740. The molecule has 0 aromatic carbocycles. The third kappa shape index (κ3) is 5.81. The van der Waals surface area contributed by atoms with Gasteiger partial charge in [-0.1, -0.05) is 12.8 Å². The van der Waals surface area contributed by atoms with Crippen molar-refractivity contribution in [1.82, 2.24) is 15.2 Å². The molecule has 8 heteroatoms. The minimum atomic E-state index is -0.678. The number of aromatic nitrogens is 1. The Labute approximate surface area is 183 Å². The molecule has 3 heterocycles. The van der Waals surface area contributed by atoms with Crippen molar-refractivity contribution in [2.45, 2.75) is 75.8 Å². The van der Waals surface area contributed by atoms with E-state index in [1.165, 1.54) is 0 Å². The minimum Gasteiger partial charge on any atom is -0.389 e. The van der Waals surface area contributed by atoms with E-state index in [2.05, 4.69) is 10.3 Å². The SMILES string of the molecule is O=C(C[C@H]1CC[C@H]2[C@@H](COC[C@H](O)CN2C(=O)C2CCCC2)O1)NCc1ccncc1. The highest BCUT2D eigenvalue weighted by Crippen LogP contribution is 2.32. The molecule has 3 aliphatic rings. The van der Waals surface area contributed by atoms with Gasteiger partial charge in [-0.05, 0) is 43.4 Å². The third-order valence-electron chi connectivity index (χ3n) is 6.62. The van der Waals surface area contributed by atoms with Gasteiger partial charge in [0.05, 0.1) is 37.9 Å². The van der Waals surface area contributed by atoms with Gasteiger partial charge in [-0.3, -0.25) is 14.6 Å². The second kappa shape index (κ2) is 10.5. The zero-order valence-electron chi connectivity index (χ0n) is 17.9. The number of hydrogen-bond donors (Lipinski definition) is 2. The van der Waals surface area contributed by atoms with E-state index in [-0.39, 0.29) is 55.6 Å². The fourth-order valence-electron chi connectivity index (χ4n) is 4.98. The number of pyridine rings is 1. The molecule has 8 nitrogen and oxygen atoms in total. The largest absolute Gasteiger partial charge is 0.389 e. The standard InChI is InChI=1S/C23H33N3O5/c27-18-13-26(23(29)17-3-1-2-4-17)20-6-5-19(31-21(20)15-30-14-18)11-22(28)25-12-16-7-9-24-10-8-16/h7-10,17-21,27H,1-6,11-15H2,(H,25,28)/t18-,19-,20+,21-/m1/s1. The summed E-state index contributed by atoms with van der Waals surface area (Å²) >= 11 is 0. The van der Waals surface area contributed by atoms with Crippen molar-refractivity contribution in [2.75, 3.05) is 19.8 Å². The van der Waals surface area contributed by atoms with Crippen molar-refractivity contribution in [1.29, 1.82) is 0 Å². The molecule has 2 amide bonds. The number of nitrogens with zero attached hydrogens (tertiary/aromatic N) is 2. The van der Waals surface area contributed by atoms with Gasteiger partial charge in [-0.25, -0.2) is 0 Å². The molecule has 4 rings (SSSR count). The van der Waals surface area contributed by atoms with Crippen LogP contribution in [0.2, 0.25) is 0 Å². The molecule has 3 fully saturated rings. The van der Waals surface area contributed by atoms with Crippen molar-refractivity contribution in [3.63, 3.8) is 0 Å². The monoisotopic (exact) mass is 431 g/mol. The van der Waals surface area contributed by atoms with Crippen LogP contribution in [0, 0.1) is 5.92 Å². The second-order valence-corrected chi connectivity index (χ2v) is 8.94. The normalized spacial score (nSPS) is 29.6. The Morgan fingerprint density at radius 3 is 2.68 bits per heavy atom. The van der Waals surface area contributed by atoms with Crippen LogP contribution in [-0.2, 0) is 25.6 Å². The smallest absolute Gasteiger partial charge is 0.226 e. The highest BCUT2D eigenvalue weighted by atomic mass is 16.5. The molecule has 0 bridgehead atoms. The van der Waals surface area contributed by atoms with E-state index in [0.29, 0.717) is 19.6 Å². The Kier molecular flexibility index (Phi) is 7.53. The molecule has 170 valence electrons. The molecule has 2 saturated heterocycles. The second-order valence-electron chi connectivity index (χ2n) is 8.94. The first-order chi connectivity index (χ1) is 15.1. The first kappa shape index (κ1) is 22.2. The molecule has 0 spiro atoms. The lowest BCUT2D eigenvalue weighted by Crippen LogP contribution is -2.58. The van der Waals surface area contributed by atoms with Crippen LogP contribution in [0.3, 0.4) is 0 Å². The summed E-state index contributed by atoms with van der Waals surface area (Å²) in [7, 11) is 0. The van der Waals surface area contributed by atoms with Gasteiger partial charge in [0.2, 0.25) is 11.8 Å². The van der Waals surface area contributed by atoms with E-state index in [0.717, 1.165) is 37.7 Å². The Morgan fingerprint density at radius 1 is 1.13 bits per heavy atom.